The Kier molecular flexibility index (Phi) is 7.37. The van der Waals surface area contributed by atoms with Crippen molar-refractivity contribution in [2.24, 2.45) is 0 Å². The lowest BCUT2D eigenvalue weighted by Crippen LogP contribution is -2.51. The van der Waals surface area contributed by atoms with Crippen LogP contribution in [0.4, 0.5) is 0 Å². The van der Waals surface area contributed by atoms with Gasteiger partial charge in [-0.15, -0.1) is 0 Å². The van der Waals surface area contributed by atoms with E-state index in [2.05, 4.69) is 0 Å². The summed E-state index contributed by atoms with van der Waals surface area (Å²) in [5.41, 5.74) is 0. The van der Waals surface area contributed by atoms with Gasteiger partial charge in [-0.2, -0.15) is 0 Å². The summed E-state index contributed by atoms with van der Waals surface area (Å²) in [6, 6.07) is 13.6. The van der Waals surface area contributed by atoms with Crippen LogP contribution in [-0.4, -0.2) is 73.2 Å². The molecule has 0 atom stereocenters. The van der Waals surface area contributed by atoms with E-state index < -0.39 is 0 Å². The van der Waals surface area contributed by atoms with Gasteiger partial charge in [0.1, 0.15) is 11.5 Å². The van der Waals surface area contributed by atoms with Crippen molar-refractivity contribution in [2.75, 3.05) is 46.5 Å². The van der Waals surface area contributed by atoms with Crippen molar-refractivity contribution in [1.82, 2.24) is 9.80 Å². The molecule has 2 aromatic rings. The molecule has 0 radical (unpaired) electrons. The van der Waals surface area contributed by atoms with E-state index in [1.807, 2.05) is 12.1 Å². The third-order valence-electron chi connectivity index (χ3n) is 4.81. The summed E-state index contributed by atoms with van der Waals surface area (Å²) in [4.78, 5) is 28.2. The molecule has 1 N–H and O–H groups in total. The first-order chi connectivity index (χ1) is 14.6. The number of hydrogen-bond acceptors (Lipinski definition) is 6. The highest BCUT2D eigenvalue weighted by atomic mass is 16.5. The molecule has 1 saturated heterocycles. The van der Waals surface area contributed by atoms with Crippen LogP contribution in [0.15, 0.2) is 48.5 Å². The number of ether oxygens (including phenoxy) is 3. The highest BCUT2D eigenvalue weighted by Crippen LogP contribution is 2.25. The Morgan fingerprint density at radius 1 is 0.900 bits per heavy atom. The zero-order valence-corrected chi connectivity index (χ0v) is 17.0. The minimum atomic E-state index is -0.125. The van der Waals surface area contributed by atoms with Crippen molar-refractivity contribution in [2.45, 2.75) is 6.42 Å². The Balaban J connectivity index is 1.38. The van der Waals surface area contributed by atoms with E-state index in [4.69, 9.17) is 14.2 Å². The van der Waals surface area contributed by atoms with Gasteiger partial charge >= 0.3 is 0 Å². The minimum absolute atomic E-state index is 0.0208. The summed E-state index contributed by atoms with van der Waals surface area (Å²) in [5.74, 6) is 1.60. The number of piperazine rings is 1. The van der Waals surface area contributed by atoms with Crippen LogP contribution in [0.3, 0.4) is 0 Å². The number of nitrogens with zero attached hydrogens (tertiary/aromatic N) is 2. The van der Waals surface area contributed by atoms with Crippen molar-refractivity contribution < 1.29 is 28.9 Å². The second kappa shape index (κ2) is 10.4. The minimum Gasteiger partial charge on any atom is -0.508 e. The zero-order valence-electron chi connectivity index (χ0n) is 17.0. The molecule has 2 aromatic carbocycles. The van der Waals surface area contributed by atoms with E-state index in [0.717, 1.165) is 0 Å². The van der Waals surface area contributed by atoms with Gasteiger partial charge in [0.15, 0.2) is 18.1 Å². The van der Waals surface area contributed by atoms with Crippen molar-refractivity contribution in [3.63, 3.8) is 0 Å². The maximum atomic E-state index is 12.4. The standard InChI is InChI=1S/C22H26N2O6/c1-28-19-7-2-3-8-20(19)30-16-22(27)24-12-10-23(11-13-24)21(26)9-14-29-18-6-4-5-17(25)15-18/h2-8,15,25H,9-14,16H2,1H3. The van der Waals surface area contributed by atoms with Crippen LogP contribution in [0.25, 0.3) is 0 Å². The summed E-state index contributed by atoms with van der Waals surface area (Å²) in [6.45, 7) is 2.04. The zero-order chi connectivity index (χ0) is 21.3. The summed E-state index contributed by atoms with van der Waals surface area (Å²) in [5, 5.41) is 9.42. The van der Waals surface area contributed by atoms with E-state index in [-0.39, 0.29) is 37.2 Å². The predicted octanol–water partition coefficient (Wildman–Crippen LogP) is 1.92. The molecule has 0 bridgehead atoms. The number of para-hydroxylation sites is 2. The molecule has 1 aliphatic heterocycles. The molecule has 2 amide bonds. The Labute approximate surface area is 175 Å². The van der Waals surface area contributed by atoms with Crippen molar-refractivity contribution >= 4 is 11.8 Å². The SMILES string of the molecule is COc1ccccc1OCC(=O)N1CCN(C(=O)CCOc2cccc(O)c2)CC1. The second-order valence-corrected chi connectivity index (χ2v) is 6.80. The largest absolute Gasteiger partial charge is 0.508 e. The molecule has 3 rings (SSSR count). The van der Waals surface area contributed by atoms with E-state index in [9.17, 15) is 14.7 Å². The van der Waals surface area contributed by atoms with Gasteiger partial charge in [0, 0.05) is 32.2 Å². The Hall–Kier alpha value is -3.42. The smallest absolute Gasteiger partial charge is 0.260 e. The fourth-order valence-corrected chi connectivity index (χ4v) is 3.16. The fourth-order valence-electron chi connectivity index (χ4n) is 3.16. The van der Waals surface area contributed by atoms with E-state index >= 15 is 0 Å². The first-order valence-electron chi connectivity index (χ1n) is 9.80. The molecule has 160 valence electrons. The van der Waals surface area contributed by atoms with Crippen molar-refractivity contribution in [1.29, 1.82) is 0 Å². The number of rotatable bonds is 8. The monoisotopic (exact) mass is 414 g/mol. The lowest BCUT2D eigenvalue weighted by Gasteiger charge is -2.34. The lowest BCUT2D eigenvalue weighted by atomic mass is 10.2. The van der Waals surface area contributed by atoms with Crippen LogP contribution in [0.5, 0.6) is 23.0 Å². The van der Waals surface area contributed by atoms with Gasteiger partial charge in [-0.05, 0) is 24.3 Å². The summed E-state index contributed by atoms with van der Waals surface area (Å²) < 4.78 is 16.3. The number of carbonyl (C=O) groups is 2. The highest BCUT2D eigenvalue weighted by molar-refractivity contribution is 5.79. The van der Waals surface area contributed by atoms with Crippen LogP contribution in [-0.2, 0) is 9.59 Å². The number of methoxy groups -OCH3 is 1. The maximum Gasteiger partial charge on any atom is 0.260 e. The molecule has 1 aliphatic rings. The van der Waals surface area contributed by atoms with Gasteiger partial charge in [-0.3, -0.25) is 9.59 Å². The van der Waals surface area contributed by atoms with Crippen LogP contribution in [0.1, 0.15) is 6.42 Å². The Morgan fingerprint density at radius 3 is 2.23 bits per heavy atom. The predicted molar refractivity (Wildman–Crippen MR) is 110 cm³/mol. The summed E-state index contributed by atoms with van der Waals surface area (Å²) >= 11 is 0. The topological polar surface area (TPSA) is 88.5 Å². The molecule has 0 aliphatic carbocycles. The molecular weight excluding hydrogens is 388 g/mol. The van der Waals surface area contributed by atoms with Crippen LogP contribution in [0, 0.1) is 0 Å². The molecule has 1 heterocycles. The number of phenolic OH excluding ortho intramolecular Hbond substituents is 1. The Bertz CT molecular complexity index is 864. The molecule has 0 spiro atoms. The second-order valence-electron chi connectivity index (χ2n) is 6.80. The number of benzene rings is 2. The van der Waals surface area contributed by atoms with Crippen LogP contribution < -0.4 is 14.2 Å². The van der Waals surface area contributed by atoms with Gasteiger partial charge in [-0.1, -0.05) is 18.2 Å². The van der Waals surface area contributed by atoms with Gasteiger partial charge < -0.3 is 29.1 Å². The van der Waals surface area contributed by atoms with Crippen LogP contribution in [0.2, 0.25) is 0 Å². The fraction of sp³-hybridized carbons (Fsp3) is 0.364. The number of aromatic hydroxyl groups is 1. The molecular formula is C22H26N2O6. The number of carbonyl (C=O) groups excluding carboxylic acids is 2. The van der Waals surface area contributed by atoms with Gasteiger partial charge in [0.25, 0.3) is 5.91 Å². The quantitative estimate of drug-likeness (QED) is 0.710. The summed E-state index contributed by atoms with van der Waals surface area (Å²) in [7, 11) is 1.55. The number of amides is 2. The maximum absolute atomic E-state index is 12.4. The van der Waals surface area contributed by atoms with Crippen molar-refractivity contribution in [3.8, 4) is 23.0 Å². The Morgan fingerprint density at radius 2 is 1.57 bits per heavy atom. The number of phenols is 1. The van der Waals surface area contributed by atoms with Gasteiger partial charge in [0.2, 0.25) is 5.91 Å². The van der Waals surface area contributed by atoms with E-state index in [1.165, 1.54) is 6.07 Å². The molecule has 8 nitrogen and oxygen atoms in total. The van der Waals surface area contributed by atoms with E-state index in [0.29, 0.717) is 43.4 Å². The van der Waals surface area contributed by atoms with Crippen molar-refractivity contribution in [3.05, 3.63) is 48.5 Å². The first-order valence-corrected chi connectivity index (χ1v) is 9.80. The van der Waals surface area contributed by atoms with Gasteiger partial charge in [-0.25, -0.2) is 0 Å². The molecule has 0 saturated carbocycles. The number of hydrogen-bond donors (Lipinski definition) is 1. The molecule has 30 heavy (non-hydrogen) atoms. The lowest BCUT2D eigenvalue weighted by molar-refractivity contribution is -0.141. The average Bonchev–Trinajstić information content (AvgIpc) is 2.77. The van der Waals surface area contributed by atoms with Gasteiger partial charge in [0.05, 0.1) is 20.1 Å². The first kappa shape index (κ1) is 21.3. The van der Waals surface area contributed by atoms with E-state index in [1.54, 1.807) is 47.2 Å². The van der Waals surface area contributed by atoms with Crippen LogP contribution >= 0.6 is 0 Å². The summed E-state index contributed by atoms with van der Waals surface area (Å²) in [6.07, 6.45) is 0.237. The molecule has 8 heteroatoms. The molecule has 0 unspecified atom stereocenters. The average molecular weight is 414 g/mol. The third kappa shape index (κ3) is 5.79. The normalized spacial score (nSPS) is 13.6. The molecule has 1 fully saturated rings. The highest BCUT2D eigenvalue weighted by Gasteiger charge is 2.24. The third-order valence-corrected chi connectivity index (χ3v) is 4.81. The molecule has 0 aromatic heterocycles.